The van der Waals surface area contributed by atoms with Gasteiger partial charge in [-0.2, -0.15) is 0 Å². The summed E-state index contributed by atoms with van der Waals surface area (Å²) in [6.45, 7) is 8.83. The van der Waals surface area contributed by atoms with Gasteiger partial charge in [-0.3, -0.25) is 0 Å². The molecular weight excluding hydrogens is 522 g/mol. The topological polar surface area (TPSA) is 21.3 Å². The van der Waals surface area contributed by atoms with Gasteiger partial charge >= 0.3 is 0 Å². The van der Waals surface area contributed by atoms with E-state index in [-0.39, 0.29) is 5.41 Å². The molecule has 2 nitrogen and oxygen atoms in total. The van der Waals surface area contributed by atoms with Crippen LogP contribution in [0.5, 0.6) is 0 Å². The number of hydrogen-bond donors (Lipinski definition) is 1. The molecular formula is C41H41NO. The van der Waals surface area contributed by atoms with E-state index in [1.807, 2.05) is 0 Å². The van der Waals surface area contributed by atoms with Crippen LogP contribution in [0.2, 0.25) is 0 Å². The molecule has 0 aromatic heterocycles. The van der Waals surface area contributed by atoms with Crippen LogP contribution in [0.3, 0.4) is 0 Å². The first kappa shape index (κ1) is 28.9. The van der Waals surface area contributed by atoms with Crippen LogP contribution in [0.4, 0.5) is 0 Å². The van der Waals surface area contributed by atoms with Crippen molar-refractivity contribution in [2.45, 2.75) is 38.6 Å². The highest BCUT2D eigenvalue weighted by molar-refractivity contribution is 6.12. The minimum absolute atomic E-state index is 0.293. The number of hydrogen-bond acceptors (Lipinski definition) is 2. The Balaban J connectivity index is 1.79. The summed E-state index contributed by atoms with van der Waals surface area (Å²) >= 11 is 0. The Morgan fingerprint density at radius 2 is 1.14 bits per heavy atom. The van der Waals surface area contributed by atoms with E-state index in [1.54, 1.807) is 0 Å². The molecule has 0 fully saturated rings. The van der Waals surface area contributed by atoms with E-state index in [0.29, 0.717) is 19.3 Å². The third-order valence-corrected chi connectivity index (χ3v) is 8.73. The standard InChI is InChI=1S/C41H41NO/c1-4-42-30(3)28-41(29-43-5-2)36-27-26-35(31-18-10-6-11-19-31)37(32-20-12-7-13-21-32)39(36)38(33-22-14-8-15-23-33)40(41)34-24-16-9-17-25-34/h6-27,30,42H,4-5,28-29H2,1-3H3. The van der Waals surface area contributed by atoms with Crippen molar-refractivity contribution in [3.63, 3.8) is 0 Å². The Hall–Kier alpha value is -4.24. The van der Waals surface area contributed by atoms with Crippen LogP contribution < -0.4 is 5.32 Å². The average molecular weight is 564 g/mol. The zero-order valence-corrected chi connectivity index (χ0v) is 25.5. The number of nitrogens with one attached hydrogen (secondary N) is 1. The zero-order chi connectivity index (χ0) is 29.6. The van der Waals surface area contributed by atoms with Crippen molar-refractivity contribution in [1.82, 2.24) is 5.32 Å². The first-order chi connectivity index (χ1) is 21.2. The van der Waals surface area contributed by atoms with Crippen LogP contribution in [0, 0.1) is 0 Å². The van der Waals surface area contributed by atoms with Crippen molar-refractivity contribution in [2.75, 3.05) is 19.8 Å². The minimum Gasteiger partial charge on any atom is -0.380 e. The molecule has 0 saturated heterocycles. The van der Waals surface area contributed by atoms with E-state index >= 15 is 0 Å². The van der Waals surface area contributed by atoms with E-state index in [9.17, 15) is 0 Å². The molecule has 1 aliphatic carbocycles. The average Bonchev–Trinajstić information content (AvgIpc) is 3.34. The lowest BCUT2D eigenvalue weighted by atomic mass is 9.70. The van der Waals surface area contributed by atoms with Gasteiger partial charge < -0.3 is 10.1 Å². The second kappa shape index (κ2) is 13.0. The molecule has 1 aliphatic rings. The van der Waals surface area contributed by atoms with Crippen LogP contribution in [-0.2, 0) is 10.2 Å². The maximum atomic E-state index is 6.49. The molecule has 5 aromatic carbocycles. The Labute approximate surface area is 257 Å². The van der Waals surface area contributed by atoms with E-state index in [0.717, 1.165) is 13.0 Å². The van der Waals surface area contributed by atoms with Gasteiger partial charge in [-0.15, -0.1) is 0 Å². The highest BCUT2D eigenvalue weighted by Gasteiger charge is 2.48. The summed E-state index contributed by atoms with van der Waals surface area (Å²) in [6, 6.07) is 48.8. The fourth-order valence-corrected chi connectivity index (χ4v) is 7.08. The zero-order valence-electron chi connectivity index (χ0n) is 25.5. The Morgan fingerprint density at radius 3 is 1.70 bits per heavy atom. The summed E-state index contributed by atoms with van der Waals surface area (Å²) in [5, 5.41) is 3.74. The lowest BCUT2D eigenvalue weighted by Gasteiger charge is -2.37. The summed E-state index contributed by atoms with van der Waals surface area (Å²) in [5.74, 6) is 0. The SMILES string of the molecule is CCNC(C)CC1(COCC)C(c2ccccc2)=C(c2ccccc2)c2c1ccc(-c1ccccc1)c2-c1ccccc1. The van der Waals surface area contributed by atoms with Crippen LogP contribution in [0.1, 0.15) is 49.4 Å². The summed E-state index contributed by atoms with van der Waals surface area (Å²) in [4.78, 5) is 0. The summed E-state index contributed by atoms with van der Waals surface area (Å²) < 4.78 is 6.49. The molecule has 0 radical (unpaired) electrons. The monoisotopic (exact) mass is 563 g/mol. The highest BCUT2D eigenvalue weighted by Crippen LogP contribution is 2.59. The quantitative estimate of drug-likeness (QED) is 0.173. The largest absolute Gasteiger partial charge is 0.380 e. The molecule has 0 aliphatic heterocycles. The van der Waals surface area contributed by atoms with Gasteiger partial charge in [-0.25, -0.2) is 0 Å². The molecule has 0 amide bonds. The molecule has 2 heteroatoms. The third-order valence-electron chi connectivity index (χ3n) is 8.73. The predicted octanol–water partition coefficient (Wildman–Crippen LogP) is 9.66. The molecule has 2 atom stereocenters. The van der Waals surface area contributed by atoms with Crippen molar-refractivity contribution in [1.29, 1.82) is 0 Å². The van der Waals surface area contributed by atoms with Gasteiger partial charge in [-0.05, 0) is 82.5 Å². The van der Waals surface area contributed by atoms with Gasteiger partial charge in [0.1, 0.15) is 0 Å². The lowest BCUT2D eigenvalue weighted by Crippen LogP contribution is -2.40. The number of fused-ring (bicyclic) bond motifs is 1. The summed E-state index contributed by atoms with van der Waals surface area (Å²) in [7, 11) is 0. The Kier molecular flexibility index (Phi) is 8.69. The smallest absolute Gasteiger partial charge is 0.0604 e. The second-order valence-electron chi connectivity index (χ2n) is 11.5. The van der Waals surface area contributed by atoms with Crippen LogP contribution in [0.15, 0.2) is 133 Å². The third kappa shape index (κ3) is 5.49. The van der Waals surface area contributed by atoms with Crippen LogP contribution in [0.25, 0.3) is 33.4 Å². The van der Waals surface area contributed by atoms with Gasteiger partial charge in [0.25, 0.3) is 0 Å². The molecule has 6 rings (SSSR count). The summed E-state index contributed by atoms with van der Waals surface area (Å²) in [5.41, 5.74) is 12.5. The molecule has 43 heavy (non-hydrogen) atoms. The van der Waals surface area contributed by atoms with Crippen molar-refractivity contribution in [3.8, 4) is 22.3 Å². The first-order valence-corrected chi connectivity index (χ1v) is 15.6. The van der Waals surface area contributed by atoms with E-state index in [1.165, 1.54) is 55.7 Å². The van der Waals surface area contributed by atoms with Crippen molar-refractivity contribution < 1.29 is 4.74 Å². The van der Waals surface area contributed by atoms with Gasteiger partial charge in [-0.1, -0.05) is 140 Å². The second-order valence-corrected chi connectivity index (χ2v) is 11.5. The maximum Gasteiger partial charge on any atom is 0.0604 e. The van der Waals surface area contributed by atoms with Crippen LogP contribution in [-0.4, -0.2) is 25.8 Å². The van der Waals surface area contributed by atoms with Crippen molar-refractivity contribution in [3.05, 3.63) is 156 Å². The fraction of sp³-hybridized carbons (Fsp3) is 0.220. The lowest BCUT2D eigenvalue weighted by molar-refractivity contribution is 0.106. The van der Waals surface area contributed by atoms with Crippen molar-refractivity contribution >= 4 is 11.1 Å². The first-order valence-electron chi connectivity index (χ1n) is 15.6. The normalized spacial score (nSPS) is 16.7. The summed E-state index contributed by atoms with van der Waals surface area (Å²) in [6.07, 6.45) is 0.924. The maximum absolute atomic E-state index is 6.49. The van der Waals surface area contributed by atoms with E-state index in [4.69, 9.17) is 4.74 Å². The Bertz CT molecular complexity index is 1680. The van der Waals surface area contributed by atoms with E-state index < -0.39 is 0 Å². The molecule has 1 N–H and O–H groups in total. The minimum atomic E-state index is -0.349. The molecule has 0 bridgehead atoms. The van der Waals surface area contributed by atoms with Gasteiger partial charge in [0.2, 0.25) is 0 Å². The molecule has 2 unspecified atom stereocenters. The predicted molar refractivity (Wildman–Crippen MR) is 182 cm³/mol. The van der Waals surface area contributed by atoms with E-state index in [2.05, 4.69) is 160 Å². The van der Waals surface area contributed by atoms with Crippen molar-refractivity contribution in [2.24, 2.45) is 0 Å². The fourth-order valence-electron chi connectivity index (χ4n) is 7.08. The molecule has 0 saturated carbocycles. The molecule has 216 valence electrons. The van der Waals surface area contributed by atoms with Gasteiger partial charge in [0.15, 0.2) is 0 Å². The number of rotatable bonds is 11. The molecule has 5 aromatic rings. The molecule has 0 spiro atoms. The molecule has 0 heterocycles. The van der Waals surface area contributed by atoms with Gasteiger partial charge in [0.05, 0.1) is 6.61 Å². The number of ether oxygens (including phenoxy) is 1. The Morgan fingerprint density at radius 1 is 0.605 bits per heavy atom. The van der Waals surface area contributed by atoms with Gasteiger partial charge in [0, 0.05) is 18.1 Å². The van der Waals surface area contributed by atoms with Crippen LogP contribution >= 0.6 is 0 Å². The highest BCUT2D eigenvalue weighted by atomic mass is 16.5. The number of benzene rings is 5.